The molecule has 0 aliphatic carbocycles. The van der Waals surface area contributed by atoms with E-state index in [1.54, 1.807) is 0 Å². The quantitative estimate of drug-likeness (QED) is 0.447. The largest absolute Gasteiger partial charge is 0.508 e. The van der Waals surface area contributed by atoms with Crippen molar-refractivity contribution in [3.05, 3.63) is 65.7 Å². The van der Waals surface area contributed by atoms with Crippen LogP contribution in [0.15, 0.2) is 54.6 Å². The predicted octanol–water partition coefficient (Wildman–Crippen LogP) is 4.86. The normalized spacial score (nSPS) is 12.3. The SMILES string of the molecule is O=C(/C=C/c1ccc(OCC(F)(F)C(F)(F)F)cc1)c1ccc(O)cc1. The first-order valence-corrected chi connectivity index (χ1v) is 7.27. The van der Waals surface area contributed by atoms with E-state index in [0.717, 1.165) is 0 Å². The Morgan fingerprint density at radius 2 is 1.54 bits per heavy atom. The van der Waals surface area contributed by atoms with Gasteiger partial charge in [-0.15, -0.1) is 0 Å². The molecule has 0 heterocycles. The van der Waals surface area contributed by atoms with Crippen LogP contribution in [0, 0.1) is 0 Å². The molecule has 0 aromatic heterocycles. The van der Waals surface area contributed by atoms with Crippen molar-refractivity contribution in [1.82, 2.24) is 0 Å². The van der Waals surface area contributed by atoms with Gasteiger partial charge in [-0.3, -0.25) is 4.79 Å². The van der Waals surface area contributed by atoms with Crippen molar-refractivity contribution in [3.63, 3.8) is 0 Å². The van der Waals surface area contributed by atoms with Crippen LogP contribution in [-0.4, -0.2) is 29.6 Å². The minimum Gasteiger partial charge on any atom is -0.508 e. The maximum Gasteiger partial charge on any atom is 0.456 e. The first-order chi connectivity index (χ1) is 12.1. The topological polar surface area (TPSA) is 46.5 Å². The average Bonchev–Trinajstić information content (AvgIpc) is 2.58. The van der Waals surface area contributed by atoms with Gasteiger partial charge in [-0.2, -0.15) is 22.0 Å². The number of hydrogen-bond acceptors (Lipinski definition) is 3. The van der Waals surface area contributed by atoms with Crippen molar-refractivity contribution >= 4 is 11.9 Å². The van der Waals surface area contributed by atoms with E-state index in [2.05, 4.69) is 4.74 Å². The number of halogens is 5. The summed E-state index contributed by atoms with van der Waals surface area (Å²) in [7, 11) is 0. The second-order valence-electron chi connectivity index (χ2n) is 5.30. The molecule has 0 saturated carbocycles. The van der Waals surface area contributed by atoms with E-state index in [9.17, 15) is 26.7 Å². The fourth-order valence-corrected chi connectivity index (χ4v) is 1.82. The Hall–Kier alpha value is -2.90. The Morgan fingerprint density at radius 1 is 0.962 bits per heavy atom. The summed E-state index contributed by atoms with van der Waals surface area (Å²) in [5, 5.41) is 9.16. The van der Waals surface area contributed by atoms with E-state index < -0.39 is 18.7 Å². The molecule has 0 aliphatic heterocycles. The van der Waals surface area contributed by atoms with Gasteiger partial charge in [0.05, 0.1) is 0 Å². The highest BCUT2D eigenvalue weighted by Crippen LogP contribution is 2.35. The summed E-state index contributed by atoms with van der Waals surface area (Å²) in [6.07, 6.45) is -2.96. The number of alkyl halides is 5. The summed E-state index contributed by atoms with van der Waals surface area (Å²) >= 11 is 0. The van der Waals surface area contributed by atoms with Crippen molar-refractivity contribution in [2.24, 2.45) is 0 Å². The lowest BCUT2D eigenvalue weighted by Crippen LogP contribution is -2.41. The van der Waals surface area contributed by atoms with Gasteiger partial charge in [0.2, 0.25) is 0 Å². The summed E-state index contributed by atoms with van der Waals surface area (Å²) in [4.78, 5) is 11.9. The molecular formula is C18H13F5O3. The van der Waals surface area contributed by atoms with Crippen LogP contribution in [0.2, 0.25) is 0 Å². The summed E-state index contributed by atoms with van der Waals surface area (Å²) in [5.74, 6) is -5.40. The van der Waals surface area contributed by atoms with Gasteiger partial charge < -0.3 is 9.84 Å². The van der Waals surface area contributed by atoms with Gasteiger partial charge in [0.25, 0.3) is 0 Å². The lowest BCUT2D eigenvalue weighted by atomic mass is 10.1. The summed E-state index contributed by atoms with van der Waals surface area (Å²) in [6, 6.07) is 10.9. The van der Waals surface area contributed by atoms with Gasteiger partial charge in [0.15, 0.2) is 12.4 Å². The summed E-state index contributed by atoms with van der Waals surface area (Å²) < 4.78 is 66.2. The monoisotopic (exact) mass is 372 g/mol. The zero-order chi connectivity index (χ0) is 19.4. The van der Waals surface area contributed by atoms with E-state index in [4.69, 9.17) is 5.11 Å². The number of allylic oxidation sites excluding steroid dienone is 1. The third-order valence-electron chi connectivity index (χ3n) is 3.29. The second-order valence-corrected chi connectivity index (χ2v) is 5.30. The fourth-order valence-electron chi connectivity index (χ4n) is 1.82. The molecule has 1 N–H and O–H groups in total. The Kier molecular flexibility index (Phi) is 5.64. The van der Waals surface area contributed by atoms with Crippen LogP contribution in [0.4, 0.5) is 22.0 Å². The number of ketones is 1. The summed E-state index contributed by atoms with van der Waals surface area (Å²) in [5.41, 5.74) is 0.875. The predicted molar refractivity (Wildman–Crippen MR) is 84.4 cm³/mol. The number of carbonyl (C=O) groups excluding carboxylic acids is 1. The van der Waals surface area contributed by atoms with Gasteiger partial charge in [-0.1, -0.05) is 18.2 Å². The maximum absolute atomic E-state index is 12.8. The Labute approximate surface area is 145 Å². The molecule has 2 rings (SSSR count). The van der Waals surface area contributed by atoms with E-state index in [-0.39, 0.29) is 17.3 Å². The Morgan fingerprint density at radius 3 is 2.08 bits per heavy atom. The number of benzene rings is 2. The van der Waals surface area contributed by atoms with Crippen molar-refractivity contribution in [3.8, 4) is 11.5 Å². The van der Waals surface area contributed by atoms with Gasteiger partial charge in [0.1, 0.15) is 11.5 Å². The van der Waals surface area contributed by atoms with E-state index in [1.807, 2.05) is 0 Å². The van der Waals surface area contributed by atoms with Crippen molar-refractivity contribution in [2.75, 3.05) is 6.61 Å². The Balaban J connectivity index is 1.97. The first kappa shape index (κ1) is 19.4. The van der Waals surface area contributed by atoms with Crippen LogP contribution in [0.25, 0.3) is 6.08 Å². The molecular weight excluding hydrogens is 359 g/mol. The van der Waals surface area contributed by atoms with Crippen LogP contribution < -0.4 is 4.74 Å². The number of hydrogen-bond donors (Lipinski definition) is 1. The van der Waals surface area contributed by atoms with Crippen LogP contribution in [0.3, 0.4) is 0 Å². The van der Waals surface area contributed by atoms with Gasteiger partial charge in [-0.05, 0) is 48.0 Å². The molecule has 138 valence electrons. The first-order valence-electron chi connectivity index (χ1n) is 7.27. The number of rotatable bonds is 6. The van der Waals surface area contributed by atoms with E-state index in [1.165, 1.54) is 60.7 Å². The lowest BCUT2D eigenvalue weighted by molar-refractivity contribution is -0.290. The number of phenols is 1. The van der Waals surface area contributed by atoms with Crippen LogP contribution in [-0.2, 0) is 0 Å². The van der Waals surface area contributed by atoms with Gasteiger partial charge in [0, 0.05) is 5.56 Å². The third-order valence-corrected chi connectivity index (χ3v) is 3.29. The van der Waals surface area contributed by atoms with Gasteiger partial charge in [-0.25, -0.2) is 0 Å². The molecule has 0 aliphatic rings. The van der Waals surface area contributed by atoms with Crippen LogP contribution in [0.5, 0.6) is 11.5 Å². The Bertz CT molecular complexity index is 778. The minimum atomic E-state index is -5.68. The molecule has 2 aromatic carbocycles. The van der Waals surface area contributed by atoms with E-state index in [0.29, 0.717) is 11.1 Å². The molecule has 0 fully saturated rings. The van der Waals surface area contributed by atoms with E-state index >= 15 is 0 Å². The highest BCUT2D eigenvalue weighted by molar-refractivity contribution is 6.06. The second kappa shape index (κ2) is 7.55. The molecule has 2 aromatic rings. The van der Waals surface area contributed by atoms with Crippen molar-refractivity contribution < 1.29 is 36.6 Å². The zero-order valence-electron chi connectivity index (χ0n) is 13.1. The third kappa shape index (κ3) is 5.05. The highest BCUT2D eigenvalue weighted by Gasteiger charge is 2.58. The molecule has 26 heavy (non-hydrogen) atoms. The molecule has 3 nitrogen and oxygen atoms in total. The number of aromatic hydroxyl groups is 1. The van der Waals surface area contributed by atoms with Crippen LogP contribution >= 0.6 is 0 Å². The molecule has 0 unspecified atom stereocenters. The zero-order valence-corrected chi connectivity index (χ0v) is 13.1. The molecule has 8 heteroatoms. The minimum absolute atomic E-state index is 0.0252. The molecule has 0 amide bonds. The molecule has 0 atom stereocenters. The smallest absolute Gasteiger partial charge is 0.456 e. The molecule has 0 bridgehead atoms. The number of ether oxygens (including phenoxy) is 1. The number of carbonyl (C=O) groups is 1. The highest BCUT2D eigenvalue weighted by atomic mass is 19.4. The summed E-state index contributed by atoms with van der Waals surface area (Å²) in [6.45, 7) is -1.81. The number of phenolic OH excluding ortho intramolecular Hbond substituents is 1. The van der Waals surface area contributed by atoms with Crippen molar-refractivity contribution in [2.45, 2.75) is 12.1 Å². The fraction of sp³-hybridized carbons (Fsp3) is 0.167. The lowest BCUT2D eigenvalue weighted by Gasteiger charge is -2.19. The van der Waals surface area contributed by atoms with Crippen LogP contribution in [0.1, 0.15) is 15.9 Å². The standard InChI is InChI=1S/C18H13F5O3/c19-17(20,18(21,22)23)11-26-15-8-1-12(2-9-15)3-10-16(25)13-4-6-14(24)7-5-13/h1-10,24H,11H2/b10-3+. The molecule has 0 spiro atoms. The average molecular weight is 372 g/mol. The molecule has 0 saturated heterocycles. The molecule has 0 radical (unpaired) electrons. The maximum atomic E-state index is 12.8. The van der Waals surface area contributed by atoms with Gasteiger partial charge >= 0.3 is 12.1 Å². The van der Waals surface area contributed by atoms with Crippen molar-refractivity contribution in [1.29, 1.82) is 0 Å².